The summed E-state index contributed by atoms with van der Waals surface area (Å²) in [5.74, 6) is -0.301. The van der Waals surface area contributed by atoms with Crippen molar-refractivity contribution in [3.05, 3.63) is 35.6 Å². The number of nitrogens with zero attached hydrogens (tertiary/aromatic N) is 1. The molecule has 1 aliphatic carbocycles. The van der Waals surface area contributed by atoms with Gasteiger partial charge >= 0.3 is 0 Å². The van der Waals surface area contributed by atoms with E-state index in [0.717, 1.165) is 25.7 Å². The zero-order chi connectivity index (χ0) is 14.9. The second-order valence-electron chi connectivity index (χ2n) is 6.00. The SMILES string of the molecule is NC1(C(=O)N2CCO[C@@H](c3ccccc3F)C2)CCCC1. The number of benzene rings is 1. The molecule has 1 aromatic carbocycles. The molecule has 1 atom stereocenters. The van der Waals surface area contributed by atoms with Crippen LogP contribution in [0.2, 0.25) is 0 Å². The van der Waals surface area contributed by atoms with Gasteiger partial charge in [-0.15, -0.1) is 0 Å². The number of amides is 1. The molecule has 0 unspecified atom stereocenters. The van der Waals surface area contributed by atoms with Crippen molar-refractivity contribution in [3.63, 3.8) is 0 Å². The maximum Gasteiger partial charge on any atom is 0.242 e. The van der Waals surface area contributed by atoms with E-state index in [1.54, 1.807) is 23.1 Å². The van der Waals surface area contributed by atoms with Crippen molar-refractivity contribution in [1.82, 2.24) is 4.90 Å². The molecule has 2 fully saturated rings. The van der Waals surface area contributed by atoms with Gasteiger partial charge in [-0.3, -0.25) is 4.79 Å². The van der Waals surface area contributed by atoms with Crippen LogP contribution in [0.1, 0.15) is 37.4 Å². The van der Waals surface area contributed by atoms with Crippen LogP contribution in [0.15, 0.2) is 24.3 Å². The lowest BCUT2D eigenvalue weighted by molar-refractivity contribution is -0.144. The standard InChI is InChI=1S/C16H21FN2O2/c17-13-6-2-1-5-12(13)14-11-19(9-10-21-14)15(20)16(18)7-3-4-8-16/h1-2,5-6,14H,3-4,7-11,18H2/t14-/m1/s1. The Morgan fingerprint density at radius 3 is 2.76 bits per heavy atom. The van der Waals surface area contributed by atoms with E-state index < -0.39 is 11.6 Å². The number of morpholine rings is 1. The van der Waals surface area contributed by atoms with Crippen molar-refractivity contribution in [2.75, 3.05) is 19.7 Å². The summed E-state index contributed by atoms with van der Waals surface area (Å²) >= 11 is 0. The number of halogens is 1. The summed E-state index contributed by atoms with van der Waals surface area (Å²) in [7, 11) is 0. The van der Waals surface area contributed by atoms with Gasteiger partial charge in [-0.2, -0.15) is 0 Å². The van der Waals surface area contributed by atoms with Crippen LogP contribution in [0.25, 0.3) is 0 Å². The van der Waals surface area contributed by atoms with Crippen LogP contribution < -0.4 is 5.73 Å². The predicted molar refractivity (Wildman–Crippen MR) is 77.1 cm³/mol. The monoisotopic (exact) mass is 292 g/mol. The molecule has 0 bridgehead atoms. The third kappa shape index (κ3) is 2.80. The molecule has 1 amide bonds. The number of nitrogens with two attached hydrogens (primary N) is 1. The van der Waals surface area contributed by atoms with Crippen molar-refractivity contribution in [1.29, 1.82) is 0 Å². The molecule has 3 rings (SSSR count). The van der Waals surface area contributed by atoms with Crippen molar-refractivity contribution < 1.29 is 13.9 Å². The van der Waals surface area contributed by atoms with E-state index in [-0.39, 0.29) is 11.7 Å². The van der Waals surface area contributed by atoms with Gasteiger partial charge in [0.1, 0.15) is 11.9 Å². The number of ether oxygens (including phenoxy) is 1. The van der Waals surface area contributed by atoms with Gasteiger partial charge in [0.05, 0.1) is 18.7 Å². The minimum atomic E-state index is -0.725. The molecular weight excluding hydrogens is 271 g/mol. The second kappa shape index (κ2) is 5.73. The molecule has 1 saturated heterocycles. The van der Waals surface area contributed by atoms with Gasteiger partial charge in [-0.25, -0.2) is 4.39 Å². The Kier molecular flexibility index (Phi) is 3.95. The highest BCUT2D eigenvalue weighted by Gasteiger charge is 2.41. The number of hydrogen-bond acceptors (Lipinski definition) is 3. The van der Waals surface area contributed by atoms with Gasteiger partial charge in [0.25, 0.3) is 0 Å². The molecule has 1 aliphatic heterocycles. The van der Waals surface area contributed by atoms with E-state index in [9.17, 15) is 9.18 Å². The molecule has 4 nitrogen and oxygen atoms in total. The molecule has 0 spiro atoms. The lowest BCUT2D eigenvalue weighted by atomic mass is 9.96. The van der Waals surface area contributed by atoms with Crippen molar-refractivity contribution >= 4 is 5.91 Å². The first-order valence-electron chi connectivity index (χ1n) is 7.54. The fourth-order valence-electron chi connectivity index (χ4n) is 3.29. The molecule has 1 heterocycles. The minimum Gasteiger partial charge on any atom is -0.370 e. The Morgan fingerprint density at radius 2 is 2.05 bits per heavy atom. The van der Waals surface area contributed by atoms with Crippen LogP contribution in [0.4, 0.5) is 4.39 Å². The van der Waals surface area contributed by atoms with E-state index in [1.165, 1.54) is 6.07 Å². The average Bonchev–Trinajstić information content (AvgIpc) is 2.95. The minimum absolute atomic E-state index is 0.00959. The lowest BCUT2D eigenvalue weighted by Gasteiger charge is -2.37. The number of rotatable bonds is 2. The Labute approximate surface area is 124 Å². The first-order valence-corrected chi connectivity index (χ1v) is 7.54. The molecule has 1 aromatic rings. The van der Waals surface area contributed by atoms with Gasteiger partial charge in [-0.1, -0.05) is 31.0 Å². The van der Waals surface area contributed by atoms with Gasteiger partial charge in [-0.05, 0) is 18.9 Å². The van der Waals surface area contributed by atoms with Crippen LogP contribution in [0.3, 0.4) is 0 Å². The molecule has 114 valence electrons. The smallest absolute Gasteiger partial charge is 0.242 e. The average molecular weight is 292 g/mol. The third-order valence-corrected chi connectivity index (χ3v) is 4.53. The van der Waals surface area contributed by atoms with Crippen molar-refractivity contribution in [2.45, 2.75) is 37.3 Å². The lowest BCUT2D eigenvalue weighted by Crippen LogP contribution is -2.56. The number of carbonyl (C=O) groups excluding carboxylic acids is 1. The normalized spacial score (nSPS) is 25.0. The van der Waals surface area contributed by atoms with Gasteiger partial charge in [0.15, 0.2) is 0 Å². The Hall–Kier alpha value is -1.46. The number of carbonyl (C=O) groups is 1. The summed E-state index contributed by atoms with van der Waals surface area (Å²) in [5, 5.41) is 0. The molecule has 1 saturated carbocycles. The zero-order valence-corrected chi connectivity index (χ0v) is 12.1. The summed E-state index contributed by atoms with van der Waals surface area (Å²) in [4.78, 5) is 14.4. The molecule has 2 N–H and O–H groups in total. The van der Waals surface area contributed by atoms with Crippen LogP contribution in [-0.2, 0) is 9.53 Å². The third-order valence-electron chi connectivity index (χ3n) is 4.53. The Balaban J connectivity index is 1.74. The van der Waals surface area contributed by atoms with Gasteiger partial charge in [0, 0.05) is 12.1 Å². The van der Waals surface area contributed by atoms with Gasteiger partial charge in [0.2, 0.25) is 5.91 Å². The fraction of sp³-hybridized carbons (Fsp3) is 0.562. The summed E-state index contributed by atoms with van der Waals surface area (Å²) in [5.41, 5.74) is 6.02. The maximum absolute atomic E-state index is 13.9. The molecule has 21 heavy (non-hydrogen) atoms. The van der Waals surface area contributed by atoms with E-state index in [4.69, 9.17) is 10.5 Å². The number of hydrogen-bond donors (Lipinski definition) is 1. The summed E-state index contributed by atoms with van der Waals surface area (Å²) in [6.07, 6.45) is 3.09. The molecule has 5 heteroatoms. The summed E-state index contributed by atoms with van der Waals surface area (Å²) in [6, 6.07) is 6.56. The second-order valence-corrected chi connectivity index (χ2v) is 6.00. The van der Waals surface area contributed by atoms with Gasteiger partial charge < -0.3 is 15.4 Å². The highest BCUT2D eigenvalue weighted by molar-refractivity contribution is 5.86. The fourth-order valence-corrected chi connectivity index (χ4v) is 3.29. The Bertz CT molecular complexity index is 529. The van der Waals surface area contributed by atoms with Crippen LogP contribution in [-0.4, -0.2) is 36.0 Å². The molecular formula is C16H21FN2O2. The van der Waals surface area contributed by atoms with Crippen LogP contribution in [0.5, 0.6) is 0 Å². The predicted octanol–water partition coefficient (Wildman–Crippen LogP) is 2.00. The topological polar surface area (TPSA) is 55.6 Å². The zero-order valence-electron chi connectivity index (χ0n) is 12.1. The van der Waals surface area contributed by atoms with Crippen LogP contribution >= 0.6 is 0 Å². The highest BCUT2D eigenvalue weighted by atomic mass is 19.1. The van der Waals surface area contributed by atoms with E-state index in [2.05, 4.69) is 0 Å². The quantitative estimate of drug-likeness (QED) is 0.907. The highest BCUT2D eigenvalue weighted by Crippen LogP contribution is 2.31. The first-order chi connectivity index (χ1) is 10.1. The molecule has 2 aliphatic rings. The van der Waals surface area contributed by atoms with E-state index in [0.29, 0.717) is 25.3 Å². The van der Waals surface area contributed by atoms with Crippen molar-refractivity contribution in [2.24, 2.45) is 5.73 Å². The summed E-state index contributed by atoms with van der Waals surface area (Å²) < 4.78 is 19.5. The largest absolute Gasteiger partial charge is 0.370 e. The molecule has 0 aromatic heterocycles. The summed E-state index contributed by atoms with van der Waals surface area (Å²) in [6.45, 7) is 1.32. The Morgan fingerprint density at radius 1 is 1.33 bits per heavy atom. The van der Waals surface area contributed by atoms with E-state index >= 15 is 0 Å². The van der Waals surface area contributed by atoms with Crippen molar-refractivity contribution in [3.8, 4) is 0 Å². The van der Waals surface area contributed by atoms with Crippen LogP contribution in [0, 0.1) is 5.82 Å². The first kappa shape index (κ1) is 14.5. The van der Waals surface area contributed by atoms with E-state index in [1.807, 2.05) is 0 Å². The molecule has 0 radical (unpaired) electrons. The maximum atomic E-state index is 13.9.